The summed E-state index contributed by atoms with van der Waals surface area (Å²) >= 11 is 0. The number of hydrogen-bond donors (Lipinski definition) is 1. The van der Waals surface area contributed by atoms with Crippen molar-refractivity contribution in [2.75, 3.05) is 0 Å². The number of allylic oxidation sites excluding steroid dienone is 2. The predicted molar refractivity (Wildman–Crippen MR) is 88.2 cm³/mol. The van der Waals surface area contributed by atoms with Crippen LogP contribution in [-0.4, -0.2) is 23.3 Å². The summed E-state index contributed by atoms with van der Waals surface area (Å²) < 4.78 is 5.84. The fourth-order valence-corrected chi connectivity index (χ4v) is 3.75. The molecule has 0 aromatic carbocycles. The third-order valence-electron chi connectivity index (χ3n) is 5.28. The van der Waals surface area contributed by atoms with Crippen molar-refractivity contribution in [3.8, 4) is 0 Å². The first-order chi connectivity index (χ1) is 10.5. The number of aliphatic hydroxyl groups excluding tert-OH is 1. The molecule has 0 bridgehead atoms. The van der Waals surface area contributed by atoms with Gasteiger partial charge in [-0.3, -0.25) is 4.79 Å². The Balaban J connectivity index is 2.24. The number of aliphatic hydroxyl groups is 1. The lowest BCUT2D eigenvalue weighted by molar-refractivity contribution is -0.159. The molecule has 6 atom stereocenters. The van der Waals surface area contributed by atoms with Crippen molar-refractivity contribution in [2.45, 2.75) is 65.6 Å². The first-order valence-corrected chi connectivity index (χ1v) is 8.76. The van der Waals surface area contributed by atoms with Crippen LogP contribution in [0, 0.1) is 23.7 Å². The van der Waals surface area contributed by atoms with Crippen LogP contribution in [0.5, 0.6) is 0 Å². The largest absolute Gasteiger partial charge is 0.461 e. The lowest BCUT2D eigenvalue weighted by Gasteiger charge is -2.42. The minimum atomic E-state index is -0.513. The highest BCUT2D eigenvalue weighted by Gasteiger charge is 2.41. The van der Waals surface area contributed by atoms with Crippen molar-refractivity contribution >= 4 is 5.97 Å². The van der Waals surface area contributed by atoms with E-state index in [0.29, 0.717) is 18.3 Å². The van der Waals surface area contributed by atoms with Crippen LogP contribution in [0.25, 0.3) is 0 Å². The van der Waals surface area contributed by atoms with E-state index in [9.17, 15) is 9.90 Å². The standard InChI is InChI=1S/C19H30O3/c1-5-7-16-13(4)8-9-14-10-15(20)11-17(18(14)16)22-19(21)12(3)6-2/h8-10,12-13,15-18,20H,5-7,11H2,1-4H3. The molecule has 22 heavy (non-hydrogen) atoms. The number of carbonyl (C=O) groups is 1. The van der Waals surface area contributed by atoms with E-state index in [4.69, 9.17) is 4.74 Å². The van der Waals surface area contributed by atoms with Crippen LogP contribution in [-0.2, 0) is 9.53 Å². The van der Waals surface area contributed by atoms with Gasteiger partial charge in [-0.05, 0) is 30.3 Å². The Hall–Kier alpha value is -1.09. The first-order valence-electron chi connectivity index (χ1n) is 8.76. The number of hydrogen-bond acceptors (Lipinski definition) is 3. The fourth-order valence-electron chi connectivity index (χ4n) is 3.75. The average molecular weight is 306 g/mol. The van der Waals surface area contributed by atoms with E-state index in [0.717, 1.165) is 24.8 Å². The van der Waals surface area contributed by atoms with Crippen LogP contribution in [0.1, 0.15) is 53.4 Å². The quantitative estimate of drug-likeness (QED) is 0.784. The van der Waals surface area contributed by atoms with Gasteiger partial charge in [0.1, 0.15) is 6.10 Å². The SMILES string of the molecule is CCCC1C(C)C=CC2=CC(O)CC(OC(=O)C(C)CC)C21. The molecular weight excluding hydrogens is 276 g/mol. The van der Waals surface area contributed by atoms with E-state index in [2.05, 4.69) is 26.0 Å². The van der Waals surface area contributed by atoms with Crippen LogP contribution >= 0.6 is 0 Å². The lowest BCUT2D eigenvalue weighted by atomic mass is 9.66. The molecule has 6 unspecified atom stereocenters. The summed E-state index contributed by atoms with van der Waals surface area (Å²) in [5.74, 6) is 1.01. The van der Waals surface area contributed by atoms with Gasteiger partial charge < -0.3 is 9.84 Å². The van der Waals surface area contributed by atoms with E-state index >= 15 is 0 Å². The van der Waals surface area contributed by atoms with Gasteiger partial charge in [0.25, 0.3) is 0 Å². The molecule has 0 aromatic rings. The molecule has 1 N–H and O–H groups in total. The van der Waals surface area contributed by atoms with Gasteiger partial charge in [0.05, 0.1) is 12.0 Å². The summed E-state index contributed by atoms with van der Waals surface area (Å²) in [5, 5.41) is 10.1. The molecule has 2 aliphatic rings. The zero-order valence-corrected chi connectivity index (χ0v) is 14.3. The Morgan fingerprint density at radius 1 is 1.45 bits per heavy atom. The molecule has 0 fully saturated rings. The monoisotopic (exact) mass is 306 g/mol. The van der Waals surface area contributed by atoms with Crippen LogP contribution in [0.2, 0.25) is 0 Å². The lowest BCUT2D eigenvalue weighted by Crippen LogP contribution is -2.42. The Morgan fingerprint density at radius 3 is 2.82 bits per heavy atom. The molecule has 2 aliphatic carbocycles. The summed E-state index contributed by atoms with van der Waals surface area (Å²) in [5.41, 5.74) is 1.15. The third kappa shape index (κ3) is 3.62. The van der Waals surface area contributed by atoms with Gasteiger partial charge in [-0.1, -0.05) is 52.3 Å². The van der Waals surface area contributed by atoms with Crippen molar-refractivity contribution in [3.63, 3.8) is 0 Å². The maximum atomic E-state index is 12.2. The molecule has 0 saturated heterocycles. The van der Waals surface area contributed by atoms with Crippen LogP contribution in [0.3, 0.4) is 0 Å². The molecule has 3 nitrogen and oxygen atoms in total. The Bertz CT molecular complexity index is 452. The molecule has 0 saturated carbocycles. The number of rotatable bonds is 5. The van der Waals surface area contributed by atoms with E-state index in [1.807, 2.05) is 19.9 Å². The second-order valence-electron chi connectivity index (χ2n) is 6.95. The van der Waals surface area contributed by atoms with Crippen molar-refractivity contribution in [1.29, 1.82) is 0 Å². The van der Waals surface area contributed by atoms with Gasteiger partial charge in [0, 0.05) is 12.3 Å². The highest BCUT2D eigenvalue weighted by atomic mass is 16.5. The minimum Gasteiger partial charge on any atom is -0.461 e. The van der Waals surface area contributed by atoms with E-state index in [-0.39, 0.29) is 23.9 Å². The first kappa shape index (κ1) is 17.3. The second-order valence-corrected chi connectivity index (χ2v) is 6.95. The van der Waals surface area contributed by atoms with E-state index < -0.39 is 6.10 Å². The maximum absolute atomic E-state index is 12.2. The Labute approximate surface area is 134 Å². The molecule has 3 heteroatoms. The molecule has 124 valence electrons. The number of esters is 1. The molecule has 2 rings (SSSR count). The summed E-state index contributed by atoms with van der Waals surface area (Å²) in [6.07, 6.45) is 9.16. The van der Waals surface area contributed by atoms with Gasteiger partial charge in [0.15, 0.2) is 0 Å². The molecule has 0 radical (unpaired) electrons. The zero-order chi connectivity index (χ0) is 16.3. The highest BCUT2D eigenvalue weighted by Crippen LogP contribution is 2.43. The highest BCUT2D eigenvalue weighted by molar-refractivity contribution is 5.72. The number of ether oxygens (including phenoxy) is 1. The van der Waals surface area contributed by atoms with Crippen molar-refractivity contribution in [1.82, 2.24) is 0 Å². The van der Waals surface area contributed by atoms with Gasteiger partial charge >= 0.3 is 5.97 Å². The summed E-state index contributed by atoms with van der Waals surface area (Å²) in [7, 11) is 0. The second kappa shape index (κ2) is 7.45. The van der Waals surface area contributed by atoms with Crippen molar-refractivity contribution in [3.05, 3.63) is 23.8 Å². The van der Waals surface area contributed by atoms with Crippen molar-refractivity contribution in [2.24, 2.45) is 23.7 Å². The molecular formula is C19H30O3. The minimum absolute atomic E-state index is 0.0762. The summed E-state index contributed by atoms with van der Waals surface area (Å²) in [6, 6.07) is 0. The topological polar surface area (TPSA) is 46.5 Å². The summed E-state index contributed by atoms with van der Waals surface area (Å²) in [6.45, 7) is 8.35. The van der Waals surface area contributed by atoms with Gasteiger partial charge in [-0.15, -0.1) is 0 Å². The molecule has 0 amide bonds. The van der Waals surface area contributed by atoms with Crippen molar-refractivity contribution < 1.29 is 14.6 Å². The van der Waals surface area contributed by atoms with Gasteiger partial charge in [-0.25, -0.2) is 0 Å². The average Bonchev–Trinajstić information content (AvgIpc) is 2.49. The Kier molecular flexibility index (Phi) is 5.85. The van der Waals surface area contributed by atoms with Crippen LogP contribution < -0.4 is 0 Å². The fraction of sp³-hybridized carbons (Fsp3) is 0.737. The van der Waals surface area contributed by atoms with Crippen LogP contribution in [0.15, 0.2) is 23.8 Å². The maximum Gasteiger partial charge on any atom is 0.308 e. The van der Waals surface area contributed by atoms with E-state index in [1.54, 1.807) is 0 Å². The van der Waals surface area contributed by atoms with E-state index in [1.165, 1.54) is 0 Å². The van der Waals surface area contributed by atoms with Gasteiger partial charge in [-0.2, -0.15) is 0 Å². The normalized spacial score (nSPS) is 35.5. The number of carbonyl (C=O) groups excluding carboxylic acids is 1. The molecule has 0 aliphatic heterocycles. The third-order valence-corrected chi connectivity index (χ3v) is 5.28. The predicted octanol–water partition coefficient (Wildman–Crippen LogP) is 3.87. The molecule has 0 heterocycles. The molecule has 0 spiro atoms. The van der Waals surface area contributed by atoms with Crippen LogP contribution in [0.4, 0.5) is 0 Å². The summed E-state index contributed by atoms with van der Waals surface area (Å²) in [4.78, 5) is 12.2. The smallest absolute Gasteiger partial charge is 0.308 e. The zero-order valence-electron chi connectivity index (χ0n) is 14.3. The number of fused-ring (bicyclic) bond motifs is 1. The van der Waals surface area contributed by atoms with Gasteiger partial charge in [0.2, 0.25) is 0 Å². The molecule has 0 aromatic heterocycles. The Morgan fingerprint density at radius 2 is 2.18 bits per heavy atom.